The first-order valence-electron chi connectivity index (χ1n) is 9.17. The summed E-state index contributed by atoms with van der Waals surface area (Å²) in [4.78, 5) is 37.8. The van der Waals surface area contributed by atoms with Crippen molar-refractivity contribution in [2.45, 2.75) is 19.8 Å². The van der Waals surface area contributed by atoms with Crippen molar-refractivity contribution in [3.63, 3.8) is 0 Å². The van der Waals surface area contributed by atoms with Crippen LogP contribution in [-0.4, -0.2) is 37.5 Å². The van der Waals surface area contributed by atoms with Gasteiger partial charge in [0.25, 0.3) is 5.91 Å². The van der Waals surface area contributed by atoms with E-state index in [0.29, 0.717) is 29.3 Å². The van der Waals surface area contributed by atoms with Gasteiger partial charge in [-0.1, -0.05) is 25.5 Å². The molecular formula is C21H22N2O5. The topological polar surface area (TPSA) is 84.9 Å². The molecule has 2 amide bonds. The molecule has 0 spiro atoms. The lowest BCUT2D eigenvalue weighted by Crippen LogP contribution is -2.44. The highest BCUT2D eigenvalue weighted by molar-refractivity contribution is 6.10. The largest absolute Gasteiger partial charge is 0.494 e. The van der Waals surface area contributed by atoms with Gasteiger partial charge in [-0.25, -0.2) is 4.79 Å². The van der Waals surface area contributed by atoms with Crippen molar-refractivity contribution in [3.8, 4) is 5.75 Å². The standard InChI is InChI=1S/C21H22N2O5/c1-2-3-12-27-16-10-8-15(9-11-16)21(26)28-14-20(25)23-13-19(24)22-17-6-4-5-7-18(17)23/h4-11H,2-3,12-14H2,1H3,(H,22,24). The molecule has 1 aliphatic heterocycles. The van der Waals surface area contributed by atoms with E-state index in [1.807, 2.05) is 0 Å². The zero-order chi connectivity index (χ0) is 19.9. The summed E-state index contributed by atoms with van der Waals surface area (Å²) >= 11 is 0. The molecule has 28 heavy (non-hydrogen) atoms. The number of amides is 2. The van der Waals surface area contributed by atoms with Gasteiger partial charge in [0.2, 0.25) is 5.91 Å². The molecule has 0 bridgehead atoms. The molecule has 2 aromatic rings. The Kier molecular flexibility index (Phi) is 6.26. The van der Waals surface area contributed by atoms with E-state index in [2.05, 4.69) is 12.2 Å². The number of nitrogens with one attached hydrogen (secondary N) is 1. The van der Waals surface area contributed by atoms with Crippen LogP contribution in [0.25, 0.3) is 0 Å². The third-order valence-electron chi connectivity index (χ3n) is 4.26. The third kappa shape index (κ3) is 4.68. The summed E-state index contributed by atoms with van der Waals surface area (Å²) in [7, 11) is 0. The molecule has 0 aromatic heterocycles. The molecule has 0 radical (unpaired) electrons. The van der Waals surface area contributed by atoms with Gasteiger partial charge in [0.05, 0.1) is 23.5 Å². The maximum atomic E-state index is 12.5. The SMILES string of the molecule is CCCCOc1ccc(C(=O)OCC(=O)N2CC(=O)Nc3ccccc32)cc1. The highest BCUT2D eigenvalue weighted by Crippen LogP contribution is 2.28. The van der Waals surface area contributed by atoms with E-state index < -0.39 is 18.5 Å². The van der Waals surface area contributed by atoms with Gasteiger partial charge < -0.3 is 14.8 Å². The van der Waals surface area contributed by atoms with Crippen molar-refractivity contribution in [1.82, 2.24) is 0 Å². The number of hydrogen-bond donors (Lipinski definition) is 1. The van der Waals surface area contributed by atoms with Crippen LogP contribution >= 0.6 is 0 Å². The number of benzene rings is 2. The van der Waals surface area contributed by atoms with Gasteiger partial charge in [-0.15, -0.1) is 0 Å². The van der Waals surface area contributed by atoms with Crippen LogP contribution in [0.1, 0.15) is 30.1 Å². The van der Waals surface area contributed by atoms with Gasteiger partial charge >= 0.3 is 5.97 Å². The van der Waals surface area contributed by atoms with E-state index in [-0.39, 0.29) is 12.5 Å². The molecule has 1 heterocycles. The summed E-state index contributed by atoms with van der Waals surface area (Å²) in [6.07, 6.45) is 2.01. The predicted molar refractivity (Wildman–Crippen MR) is 105 cm³/mol. The fourth-order valence-corrected chi connectivity index (χ4v) is 2.77. The average molecular weight is 382 g/mol. The summed E-state index contributed by atoms with van der Waals surface area (Å²) < 4.78 is 10.7. The summed E-state index contributed by atoms with van der Waals surface area (Å²) in [5, 5.41) is 2.71. The quantitative estimate of drug-likeness (QED) is 0.588. The van der Waals surface area contributed by atoms with Crippen molar-refractivity contribution in [2.75, 3.05) is 30.0 Å². The minimum Gasteiger partial charge on any atom is -0.494 e. The first-order chi connectivity index (χ1) is 13.6. The lowest BCUT2D eigenvalue weighted by atomic mass is 10.2. The van der Waals surface area contributed by atoms with Gasteiger partial charge in [0.15, 0.2) is 6.61 Å². The second-order valence-corrected chi connectivity index (χ2v) is 6.35. The Morgan fingerprint density at radius 1 is 1.11 bits per heavy atom. The fourth-order valence-electron chi connectivity index (χ4n) is 2.77. The van der Waals surface area contributed by atoms with E-state index in [9.17, 15) is 14.4 Å². The molecule has 146 valence electrons. The number of unbranched alkanes of at least 4 members (excludes halogenated alkanes) is 1. The van der Waals surface area contributed by atoms with Crippen molar-refractivity contribution in [2.24, 2.45) is 0 Å². The monoisotopic (exact) mass is 382 g/mol. The van der Waals surface area contributed by atoms with Crippen LogP contribution in [0.4, 0.5) is 11.4 Å². The van der Waals surface area contributed by atoms with E-state index in [1.54, 1.807) is 48.5 Å². The lowest BCUT2D eigenvalue weighted by molar-refractivity contribution is -0.124. The Labute approximate surface area is 163 Å². The summed E-state index contributed by atoms with van der Waals surface area (Å²) in [5.41, 5.74) is 1.46. The molecule has 3 rings (SSSR count). The summed E-state index contributed by atoms with van der Waals surface area (Å²) in [6, 6.07) is 13.6. The fraction of sp³-hybridized carbons (Fsp3) is 0.286. The third-order valence-corrected chi connectivity index (χ3v) is 4.26. The highest BCUT2D eigenvalue weighted by atomic mass is 16.5. The molecule has 2 aromatic carbocycles. The van der Waals surface area contributed by atoms with Crippen LogP contribution in [0.2, 0.25) is 0 Å². The molecule has 0 saturated carbocycles. The van der Waals surface area contributed by atoms with Crippen molar-refractivity contribution >= 4 is 29.2 Å². The number of nitrogens with zero attached hydrogens (tertiary/aromatic N) is 1. The number of esters is 1. The van der Waals surface area contributed by atoms with E-state index in [4.69, 9.17) is 9.47 Å². The number of carbonyl (C=O) groups excluding carboxylic acids is 3. The number of hydrogen-bond acceptors (Lipinski definition) is 5. The molecule has 0 saturated heterocycles. The number of rotatable bonds is 7. The zero-order valence-electron chi connectivity index (χ0n) is 15.6. The molecule has 7 nitrogen and oxygen atoms in total. The van der Waals surface area contributed by atoms with Crippen LogP contribution in [-0.2, 0) is 14.3 Å². The number of para-hydroxylation sites is 2. The van der Waals surface area contributed by atoms with Crippen LogP contribution in [0.15, 0.2) is 48.5 Å². The number of anilines is 2. The number of ether oxygens (including phenoxy) is 2. The van der Waals surface area contributed by atoms with Gasteiger partial charge in [-0.2, -0.15) is 0 Å². The van der Waals surface area contributed by atoms with Gasteiger partial charge in [-0.05, 0) is 42.8 Å². The zero-order valence-corrected chi connectivity index (χ0v) is 15.6. The minimum absolute atomic E-state index is 0.114. The molecule has 0 aliphatic carbocycles. The van der Waals surface area contributed by atoms with Crippen molar-refractivity contribution in [3.05, 3.63) is 54.1 Å². The number of fused-ring (bicyclic) bond motifs is 1. The Hall–Kier alpha value is -3.35. The molecule has 7 heteroatoms. The van der Waals surface area contributed by atoms with Gasteiger partial charge in [0, 0.05) is 0 Å². The second kappa shape index (κ2) is 9.03. The van der Waals surface area contributed by atoms with Crippen LogP contribution in [0, 0.1) is 0 Å². The number of carbonyl (C=O) groups is 3. The molecule has 0 unspecified atom stereocenters. The molecule has 1 N–H and O–H groups in total. The molecule has 1 aliphatic rings. The average Bonchev–Trinajstić information content (AvgIpc) is 2.71. The highest BCUT2D eigenvalue weighted by Gasteiger charge is 2.27. The van der Waals surface area contributed by atoms with E-state index in [1.165, 1.54) is 4.90 Å². The van der Waals surface area contributed by atoms with Gasteiger partial charge in [0.1, 0.15) is 12.3 Å². The van der Waals surface area contributed by atoms with E-state index in [0.717, 1.165) is 12.8 Å². The Morgan fingerprint density at radius 3 is 2.61 bits per heavy atom. The van der Waals surface area contributed by atoms with Crippen molar-refractivity contribution < 1.29 is 23.9 Å². The predicted octanol–water partition coefficient (Wildman–Crippen LogP) is 3.01. The van der Waals surface area contributed by atoms with Gasteiger partial charge in [-0.3, -0.25) is 14.5 Å². The van der Waals surface area contributed by atoms with Crippen molar-refractivity contribution in [1.29, 1.82) is 0 Å². The minimum atomic E-state index is -0.608. The lowest BCUT2D eigenvalue weighted by Gasteiger charge is -2.28. The first kappa shape index (κ1) is 19.4. The smallest absolute Gasteiger partial charge is 0.338 e. The first-order valence-corrected chi connectivity index (χ1v) is 9.17. The van der Waals surface area contributed by atoms with E-state index >= 15 is 0 Å². The molecule has 0 atom stereocenters. The second-order valence-electron chi connectivity index (χ2n) is 6.35. The molecular weight excluding hydrogens is 360 g/mol. The van der Waals surface area contributed by atoms with Crippen LogP contribution in [0.5, 0.6) is 5.75 Å². The Morgan fingerprint density at radius 2 is 1.86 bits per heavy atom. The maximum absolute atomic E-state index is 12.5. The maximum Gasteiger partial charge on any atom is 0.338 e. The molecule has 0 fully saturated rings. The normalized spacial score (nSPS) is 12.8. The Balaban J connectivity index is 1.57. The summed E-state index contributed by atoms with van der Waals surface area (Å²) in [5.74, 6) is -0.688. The van der Waals surface area contributed by atoms with Crippen LogP contribution in [0.3, 0.4) is 0 Å². The Bertz CT molecular complexity index is 863. The van der Waals surface area contributed by atoms with Crippen LogP contribution < -0.4 is 15.0 Å². The summed E-state index contributed by atoms with van der Waals surface area (Å²) in [6.45, 7) is 2.14.